The second kappa shape index (κ2) is 8.68. The van der Waals surface area contributed by atoms with Crippen molar-refractivity contribution in [2.75, 3.05) is 20.3 Å². The van der Waals surface area contributed by atoms with Crippen molar-refractivity contribution in [1.29, 1.82) is 0 Å². The van der Waals surface area contributed by atoms with Crippen LogP contribution in [0.2, 0.25) is 0 Å². The van der Waals surface area contributed by atoms with Crippen LogP contribution in [0.4, 0.5) is 0 Å². The summed E-state index contributed by atoms with van der Waals surface area (Å²) in [6, 6.07) is 7.56. The summed E-state index contributed by atoms with van der Waals surface area (Å²) in [5, 5.41) is 3.26. The average molecular weight is 414 g/mol. The van der Waals surface area contributed by atoms with Crippen LogP contribution in [0.1, 0.15) is 55.9 Å². The Labute approximate surface area is 177 Å². The molecule has 30 heavy (non-hydrogen) atoms. The van der Waals surface area contributed by atoms with Crippen LogP contribution in [-0.4, -0.2) is 53.1 Å². The Hall–Kier alpha value is -2.54. The van der Waals surface area contributed by atoms with Crippen LogP contribution in [-0.2, 0) is 16.1 Å². The molecule has 1 N–H and O–H groups in total. The molecule has 7 heteroatoms. The van der Waals surface area contributed by atoms with Crippen molar-refractivity contribution in [3.8, 4) is 11.5 Å². The number of methoxy groups -OCH3 is 1. The number of hydrogen-bond donors (Lipinski definition) is 1. The predicted molar refractivity (Wildman–Crippen MR) is 113 cm³/mol. The highest BCUT2D eigenvalue weighted by molar-refractivity contribution is 6.00. The normalized spacial score (nSPS) is 22.6. The van der Waals surface area contributed by atoms with Gasteiger partial charge < -0.3 is 23.9 Å². The third kappa shape index (κ3) is 3.78. The summed E-state index contributed by atoms with van der Waals surface area (Å²) >= 11 is 0. The van der Waals surface area contributed by atoms with E-state index in [9.17, 15) is 9.59 Å². The number of nitrogens with zero attached hydrogens (tertiary/aromatic N) is 2. The topological polar surface area (TPSA) is 76.7 Å². The molecule has 1 aliphatic carbocycles. The van der Waals surface area contributed by atoms with Crippen LogP contribution in [0.3, 0.4) is 0 Å². The molecule has 0 saturated heterocycles. The van der Waals surface area contributed by atoms with Crippen molar-refractivity contribution in [1.82, 2.24) is 14.8 Å². The lowest BCUT2D eigenvalue weighted by Gasteiger charge is -2.44. The Bertz CT molecular complexity index is 880. The van der Waals surface area contributed by atoms with E-state index in [4.69, 9.17) is 9.15 Å². The highest BCUT2D eigenvalue weighted by atomic mass is 16.5. The summed E-state index contributed by atoms with van der Waals surface area (Å²) in [5.74, 6) is 0.434. The lowest BCUT2D eigenvalue weighted by Crippen LogP contribution is -2.65. The number of amides is 2. The minimum atomic E-state index is -1.00. The third-order valence-corrected chi connectivity index (χ3v) is 6.48. The van der Waals surface area contributed by atoms with Crippen molar-refractivity contribution >= 4 is 11.8 Å². The Kier molecular flexibility index (Phi) is 5.99. The monoisotopic (exact) mass is 413 g/mol. The molecule has 2 amide bonds. The van der Waals surface area contributed by atoms with E-state index in [0.29, 0.717) is 31.2 Å². The smallest absolute Gasteiger partial charge is 0.271 e. The van der Waals surface area contributed by atoms with Gasteiger partial charge in [-0.25, -0.2) is 0 Å². The molecule has 1 fully saturated rings. The molecular formula is C23H31N3O4. The summed E-state index contributed by atoms with van der Waals surface area (Å²) < 4.78 is 12.7. The second-order valence-electron chi connectivity index (χ2n) is 8.55. The molecule has 0 radical (unpaired) electrons. The quantitative estimate of drug-likeness (QED) is 0.736. The molecule has 2 aromatic heterocycles. The molecular weight excluding hydrogens is 382 g/mol. The van der Waals surface area contributed by atoms with E-state index in [1.54, 1.807) is 18.3 Å². The van der Waals surface area contributed by atoms with Crippen LogP contribution in [0.25, 0.3) is 11.5 Å². The SMILES string of the molecule is COCCN1C(=O)c2ccc(-c3ccco3)n2CC1(C)C(=O)NC1CCCCCC1. The molecule has 1 saturated carbocycles. The molecule has 0 bridgehead atoms. The molecule has 3 heterocycles. The standard InChI is InChI=1S/C23H31N3O4/c1-23(22(28)24-17-8-5-3-4-6-9-17)16-25-18(20-10-7-14-30-20)11-12-19(25)21(27)26(23)13-15-29-2/h7,10-12,14,17H,3-6,8-9,13,15-16H2,1-2H3,(H,24,28). The number of nitrogens with one attached hydrogen (secondary N) is 1. The van der Waals surface area contributed by atoms with Gasteiger partial charge in [0.25, 0.3) is 5.91 Å². The van der Waals surface area contributed by atoms with Gasteiger partial charge in [-0.3, -0.25) is 9.59 Å². The van der Waals surface area contributed by atoms with E-state index in [-0.39, 0.29) is 17.9 Å². The van der Waals surface area contributed by atoms with Crippen molar-refractivity contribution in [3.63, 3.8) is 0 Å². The number of hydrogen-bond acceptors (Lipinski definition) is 4. The minimum Gasteiger partial charge on any atom is -0.463 e. The van der Waals surface area contributed by atoms with Gasteiger partial charge >= 0.3 is 0 Å². The zero-order chi connectivity index (χ0) is 21.1. The van der Waals surface area contributed by atoms with Gasteiger partial charge in [-0.15, -0.1) is 0 Å². The van der Waals surface area contributed by atoms with Crippen LogP contribution in [0.15, 0.2) is 34.9 Å². The second-order valence-corrected chi connectivity index (χ2v) is 8.55. The molecule has 1 unspecified atom stereocenters. The Morgan fingerprint density at radius 1 is 1.20 bits per heavy atom. The maximum atomic E-state index is 13.6. The molecule has 0 spiro atoms. The summed E-state index contributed by atoms with van der Waals surface area (Å²) in [4.78, 5) is 28.6. The Morgan fingerprint density at radius 2 is 1.93 bits per heavy atom. The van der Waals surface area contributed by atoms with Gasteiger partial charge in [-0.1, -0.05) is 25.7 Å². The molecule has 4 rings (SSSR count). The molecule has 7 nitrogen and oxygen atoms in total. The zero-order valence-corrected chi connectivity index (χ0v) is 17.9. The number of furan rings is 1. The first kappa shape index (κ1) is 20.7. The van der Waals surface area contributed by atoms with E-state index in [1.165, 1.54) is 12.8 Å². The maximum absolute atomic E-state index is 13.6. The van der Waals surface area contributed by atoms with Crippen molar-refractivity contribution < 1.29 is 18.7 Å². The van der Waals surface area contributed by atoms with Crippen LogP contribution in [0, 0.1) is 0 Å². The Morgan fingerprint density at radius 3 is 2.60 bits per heavy atom. The molecule has 0 aromatic carbocycles. The van der Waals surface area contributed by atoms with Crippen molar-refractivity contribution in [2.45, 2.75) is 63.6 Å². The van der Waals surface area contributed by atoms with E-state index in [1.807, 2.05) is 35.8 Å². The third-order valence-electron chi connectivity index (χ3n) is 6.48. The lowest BCUT2D eigenvalue weighted by atomic mass is 9.93. The summed E-state index contributed by atoms with van der Waals surface area (Å²) in [5.41, 5.74) is 0.371. The van der Waals surface area contributed by atoms with Gasteiger partial charge in [0, 0.05) is 19.7 Å². The average Bonchev–Trinajstić information content (AvgIpc) is 3.33. The first-order chi connectivity index (χ1) is 14.5. The van der Waals surface area contributed by atoms with E-state index in [2.05, 4.69) is 5.32 Å². The maximum Gasteiger partial charge on any atom is 0.271 e. The fourth-order valence-electron chi connectivity index (χ4n) is 4.71. The number of rotatable bonds is 6. The van der Waals surface area contributed by atoms with Gasteiger partial charge in [-0.05, 0) is 44.0 Å². The lowest BCUT2D eigenvalue weighted by molar-refractivity contribution is -0.134. The van der Waals surface area contributed by atoms with Gasteiger partial charge in [0.2, 0.25) is 5.91 Å². The number of carbonyl (C=O) groups excluding carboxylic acids is 2. The van der Waals surface area contributed by atoms with Crippen LogP contribution < -0.4 is 5.32 Å². The van der Waals surface area contributed by atoms with E-state index < -0.39 is 5.54 Å². The minimum absolute atomic E-state index is 0.0939. The molecule has 162 valence electrons. The largest absolute Gasteiger partial charge is 0.463 e. The van der Waals surface area contributed by atoms with E-state index >= 15 is 0 Å². The molecule has 1 aliphatic heterocycles. The molecule has 2 aromatic rings. The highest BCUT2D eigenvalue weighted by Gasteiger charge is 2.48. The van der Waals surface area contributed by atoms with E-state index in [0.717, 1.165) is 31.4 Å². The van der Waals surface area contributed by atoms with Crippen molar-refractivity contribution in [3.05, 3.63) is 36.2 Å². The summed E-state index contributed by atoms with van der Waals surface area (Å²) in [6.07, 6.45) is 8.34. The fourth-order valence-corrected chi connectivity index (χ4v) is 4.71. The molecule has 1 atom stereocenters. The zero-order valence-electron chi connectivity index (χ0n) is 17.9. The van der Waals surface area contributed by atoms with Gasteiger partial charge in [-0.2, -0.15) is 0 Å². The molecule has 2 aliphatic rings. The summed E-state index contributed by atoms with van der Waals surface area (Å²) in [6.45, 7) is 2.98. The first-order valence-corrected chi connectivity index (χ1v) is 10.9. The van der Waals surface area contributed by atoms with Crippen LogP contribution >= 0.6 is 0 Å². The number of aromatic nitrogens is 1. The number of ether oxygens (including phenoxy) is 1. The van der Waals surface area contributed by atoms with Crippen LogP contribution in [0.5, 0.6) is 0 Å². The number of fused-ring (bicyclic) bond motifs is 1. The van der Waals surface area contributed by atoms with Gasteiger partial charge in [0.05, 0.1) is 25.1 Å². The van der Waals surface area contributed by atoms with Gasteiger partial charge in [0.1, 0.15) is 17.0 Å². The predicted octanol–water partition coefficient (Wildman–Crippen LogP) is 3.45. The number of carbonyl (C=O) groups is 2. The fraction of sp³-hybridized carbons (Fsp3) is 0.565. The van der Waals surface area contributed by atoms with Gasteiger partial charge in [0.15, 0.2) is 0 Å². The first-order valence-electron chi connectivity index (χ1n) is 10.9. The highest BCUT2D eigenvalue weighted by Crippen LogP contribution is 2.33. The summed E-state index contributed by atoms with van der Waals surface area (Å²) in [7, 11) is 1.61. The Balaban J connectivity index is 1.66. The van der Waals surface area contributed by atoms with Crippen molar-refractivity contribution in [2.24, 2.45) is 0 Å².